The first-order chi connectivity index (χ1) is 6.93. The van der Waals surface area contributed by atoms with Crippen molar-refractivity contribution in [2.45, 2.75) is 24.5 Å². The number of hydrogen-bond acceptors (Lipinski definition) is 3. The minimum atomic E-state index is 0.930. The van der Waals surface area contributed by atoms with Gasteiger partial charge in [0.1, 0.15) is 0 Å². The summed E-state index contributed by atoms with van der Waals surface area (Å²) in [5.74, 6) is 1.05. The van der Waals surface area contributed by atoms with Gasteiger partial charge in [-0.15, -0.1) is 11.8 Å². The summed E-state index contributed by atoms with van der Waals surface area (Å²) in [6.45, 7) is 4.75. The van der Waals surface area contributed by atoms with E-state index in [9.17, 15) is 0 Å². The molecular weight excluding hydrogens is 192 g/mol. The summed E-state index contributed by atoms with van der Waals surface area (Å²) in [5.41, 5.74) is 1.62. The lowest BCUT2D eigenvalue weighted by atomic mass is 10.1. The Morgan fingerprint density at radius 3 is 2.79 bits per heavy atom. The average molecular weight is 210 g/mol. The molecule has 2 heterocycles. The topological polar surface area (TPSA) is 15.3 Å². The van der Waals surface area contributed by atoms with Crippen LogP contribution in [0.1, 0.15) is 19.3 Å². The number of nitrogens with zero attached hydrogens (tertiary/aromatic N) is 1. The molecule has 3 rings (SSSR count). The second kappa shape index (κ2) is 3.78. The normalized spacial score (nSPS) is 33.3. The highest BCUT2D eigenvalue weighted by molar-refractivity contribution is 8.03. The van der Waals surface area contributed by atoms with Crippen molar-refractivity contribution >= 4 is 11.8 Å². The molecule has 3 aliphatic rings. The fraction of sp³-hybridized carbons (Fsp3) is 0.818. The summed E-state index contributed by atoms with van der Waals surface area (Å²) in [5, 5.41) is 6.76. The van der Waals surface area contributed by atoms with E-state index in [1.54, 1.807) is 5.70 Å². The molecule has 0 spiro atoms. The van der Waals surface area contributed by atoms with Crippen LogP contribution in [0.3, 0.4) is 0 Å². The van der Waals surface area contributed by atoms with Crippen LogP contribution in [-0.2, 0) is 0 Å². The van der Waals surface area contributed by atoms with Crippen LogP contribution in [0.25, 0.3) is 0 Å². The standard InChI is InChI=1S/C11H18N2S/c1-2-9(1)11-7-10(8-14-11)13-5-3-12-4-6-13/h8-9,11-12H,1-7H2. The van der Waals surface area contributed by atoms with Crippen molar-refractivity contribution in [3.63, 3.8) is 0 Å². The third-order valence-electron chi connectivity index (χ3n) is 3.46. The Morgan fingerprint density at radius 2 is 2.07 bits per heavy atom. The number of thioether (sulfide) groups is 1. The third kappa shape index (κ3) is 1.80. The largest absolute Gasteiger partial charge is 0.372 e. The van der Waals surface area contributed by atoms with Gasteiger partial charge in [-0.1, -0.05) is 0 Å². The van der Waals surface area contributed by atoms with Gasteiger partial charge in [-0.2, -0.15) is 0 Å². The molecule has 0 bridgehead atoms. The predicted octanol–water partition coefficient (Wildman–Crippen LogP) is 1.65. The summed E-state index contributed by atoms with van der Waals surface area (Å²) >= 11 is 2.09. The van der Waals surface area contributed by atoms with Crippen LogP contribution in [0.5, 0.6) is 0 Å². The van der Waals surface area contributed by atoms with Crippen LogP contribution in [0, 0.1) is 5.92 Å². The van der Waals surface area contributed by atoms with Crippen LogP contribution in [0.4, 0.5) is 0 Å². The lowest BCUT2D eigenvalue weighted by Crippen LogP contribution is -2.42. The molecule has 1 unspecified atom stereocenters. The summed E-state index contributed by atoms with van der Waals surface area (Å²) < 4.78 is 0. The van der Waals surface area contributed by atoms with Gasteiger partial charge in [0, 0.05) is 43.5 Å². The Labute approximate surface area is 90.1 Å². The second-order valence-corrected chi connectivity index (χ2v) is 5.68. The summed E-state index contributed by atoms with van der Waals surface area (Å²) in [6, 6.07) is 0. The number of piperazine rings is 1. The Bertz CT molecular complexity index is 242. The summed E-state index contributed by atoms with van der Waals surface area (Å²) in [7, 11) is 0. The molecule has 2 fully saturated rings. The maximum Gasteiger partial charge on any atom is 0.0301 e. The third-order valence-corrected chi connectivity index (χ3v) is 4.77. The Kier molecular flexibility index (Phi) is 2.46. The summed E-state index contributed by atoms with van der Waals surface area (Å²) in [6.07, 6.45) is 4.32. The minimum absolute atomic E-state index is 0.930. The lowest BCUT2D eigenvalue weighted by molar-refractivity contribution is 0.291. The van der Waals surface area contributed by atoms with Gasteiger partial charge in [-0.25, -0.2) is 0 Å². The Morgan fingerprint density at radius 1 is 1.29 bits per heavy atom. The van der Waals surface area contributed by atoms with E-state index in [4.69, 9.17) is 0 Å². The minimum Gasteiger partial charge on any atom is -0.372 e. The fourth-order valence-corrected chi connectivity index (χ4v) is 3.71. The molecule has 1 N–H and O–H groups in total. The van der Waals surface area contributed by atoms with Gasteiger partial charge in [-0.05, 0) is 24.2 Å². The Hall–Kier alpha value is -0.150. The highest BCUT2D eigenvalue weighted by Gasteiger charge is 2.35. The van der Waals surface area contributed by atoms with Gasteiger partial charge in [0.15, 0.2) is 0 Å². The van der Waals surface area contributed by atoms with E-state index in [1.807, 2.05) is 0 Å². The second-order valence-electron chi connectivity index (χ2n) is 4.56. The molecule has 1 saturated carbocycles. The smallest absolute Gasteiger partial charge is 0.0301 e. The first-order valence-electron chi connectivity index (χ1n) is 5.73. The van der Waals surface area contributed by atoms with E-state index in [2.05, 4.69) is 27.4 Å². The highest BCUT2D eigenvalue weighted by Crippen LogP contribution is 2.46. The quantitative estimate of drug-likeness (QED) is 0.746. The van der Waals surface area contributed by atoms with Gasteiger partial charge >= 0.3 is 0 Å². The zero-order chi connectivity index (χ0) is 9.38. The molecule has 3 heteroatoms. The van der Waals surface area contributed by atoms with E-state index in [1.165, 1.54) is 32.4 Å². The van der Waals surface area contributed by atoms with E-state index < -0.39 is 0 Å². The molecule has 0 amide bonds. The van der Waals surface area contributed by atoms with Crippen molar-refractivity contribution in [3.8, 4) is 0 Å². The number of nitrogens with one attached hydrogen (secondary N) is 1. The van der Waals surface area contributed by atoms with E-state index >= 15 is 0 Å². The molecule has 2 aliphatic heterocycles. The van der Waals surface area contributed by atoms with Gasteiger partial charge in [-0.3, -0.25) is 0 Å². The molecule has 0 aromatic heterocycles. The number of rotatable bonds is 2. The maximum absolute atomic E-state index is 3.41. The van der Waals surface area contributed by atoms with Gasteiger partial charge < -0.3 is 10.2 Å². The molecule has 2 nitrogen and oxygen atoms in total. The van der Waals surface area contributed by atoms with Crippen molar-refractivity contribution in [2.75, 3.05) is 26.2 Å². The van der Waals surface area contributed by atoms with Crippen molar-refractivity contribution in [1.29, 1.82) is 0 Å². The Balaban J connectivity index is 1.57. The van der Waals surface area contributed by atoms with Gasteiger partial charge in [0.2, 0.25) is 0 Å². The van der Waals surface area contributed by atoms with E-state index in [-0.39, 0.29) is 0 Å². The molecule has 78 valence electrons. The average Bonchev–Trinajstić information content (AvgIpc) is 2.98. The molecule has 1 atom stereocenters. The van der Waals surface area contributed by atoms with Crippen LogP contribution >= 0.6 is 11.8 Å². The predicted molar refractivity (Wildman–Crippen MR) is 61.2 cm³/mol. The van der Waals surface area contributed by atoms with E-state index in [0.29, 0.717) is 0 Å². The van der Waals surface area contributed by atoms with Gasteiger partial charge in [0.05, 0.1) is 0 Å². The molecule has 0 aromatic rings. The molecule has 1 aliphatic carbocycles. The molecular formula is C11H18N2S. The SMILES string of the molecule is C1=C(N2CCNCC2)CC(C2CC2)S1. The number of hydrogen-bond donors (Lipinski definition) is 1. The first kappa shape index (κ1) is 9.10. The first-order valence-corrected chi connectivity index (χ1v) is 6.68. The van der Waals surface area contributed by atoms with Crippen molar-refractivity contribution in [2.24, 2.45) is 5.92 Å². The maximum atomic E-state index is 3.41. The van der Waals surface area contributed by atoms with E-state index in [0.717, 1.165) is 24.3 Å². The van der Waals surface area contributed by atoms with Crippen LogP contribution in [0.15, 0.2) is 11.1 Å². The molecule has 1 saturated heterocycles. The lowest BCUT2D eigenvalue weighted by Gasteiger charge is -2.30. The number of allylic oxidation sites excluding steroid dienone is 1. The fourth-order valence-electron chi connectivity index (χ4n) is 2.37. The highest BCUT2D eigenvalue weighted by atomic mass is 32.2. The van der Waals surface area contributed by atoms with Crippen molar-refractivity contribution in [1.82, 2.24) is 10.2 Å². The van der Waals surface area contributed by atoms with Crippen molar-refractivity contribution < 1.29 is 0 Å². The monoisotopic (exact) mass is 210 g/mol. The zero-order valence-electron chi connectivity index (χ0n) is 8.54. The van der Waals surface area contributed by atoms with Crippen LogP contribution < -0.4 is 5.32 Å². The zero-order valence-corrected chi connectivity index (χ0v) is 9.35. The molecule has 0 radical (unpaired) electrons. The molecule has 0 aromatic carbocycles. The van der Waals surface area contributed by atoms with Crippen molar-refractivity contribution in [3.05, 3.63) is 11.1 Å². The summed E-state index contributed by atoms with van der Waals surface area (Å²) in [4.78, 5) is 2.58. The van der Waals surface area contributed by atoms with Gasteiger partial charge in [0.25, 0.3) is 0 Å². The molecule has 14 heavy (non-hydrogen) atoms. The van der Waals surface area contributed by atoms with Crippen LogP contribution in [0.2, 0.25) is 0 Å². The van der Waals surface area contributed by atoms with Crippen LogP contribution in [-0.4, -0.2) is 36.3 Å².